The average Bonchev–Trinajstić information content (AvgIpc) is 2.74. The van der Waals surface area contributed by atoms with Crippen molar-refractivity contribution in [3.63, 3.8) is 0 Å². The van der Waals surface area contributed by atoms with Crippen LogP contribution in [-0.4, -0.2) is 0 Å². The third kappa shape index (κ3) is 3.82. The topological polar surface area (TPSA) is 0 Å². The molecule has 0 heterocycles. The van der Waals surface area contributed by atoms with Crippen molar-refractivity contribution in [2.24, 2.45) is 0 Å². The second kappa shape index (κ2) is 7.98. The number of hydrogen-bond acceptors (Lipinski definition) is 0. The van der Waals surface area contributed by atoms with Crippen molar-refractivity contribution in [2.75, 3.05) is 0 Å². The summed E-state index contributed by atoms with van der Waals surface area (Å²) in [4.78, 5) is 0. The molecular weight excluding hydrogens is 285 g/mol. The second-order valence-corrected chi connectivity index (χ2v) is 6.30. The van der Waals surface area contributed by atoms with Crippen LogP contribution in [0.2, 0.25) is 0 Å². The summed E-state index contributed by atoms with van der Waals surface area (Å²) in [6.45, 7) is 0. The molecule has 2 aromatic rings. The van der Waals surface area contributed by atoms with Gasteiger partial charge >= 0.3 is 105 Å². The predicted octanol–water partition coefficient (Wildman–Crippen LogP) is -5.83. The number of halogens is 3. The van der Waals surface area contributed by atoms with Gasteiger partial charge in [0.2, 0.25) is 0 Å². The van der Waals surface area contributed by atoms with Crippen LogP contribution in [0.4, 0.5) is 0 Å². The number of rotatable bonds is 2. The first-order valence-electron chi connectivity index (χ1n) is 5.52. The fourth-order valence-corrected chi connectivity index (χ4v) is 4.20. The molecular formula is C15H12F3Ti. The van der Waals surface area contributed by atoms with Gasteiger partial charge in [-0.25, -0.2) is 0 Å². The molecule has 0 spiro atoms. The first-order valence-corrected chi connectivity index (χ1v) is 7.20. The van der Waals surface area contributed by atoms with Crippen LogP contribution in [0.1, 0.15) is 15.3 Å². The molecule has 1 unspecified atom stereocenters. The Balaban J connectivity index is 0.00000108. The summed E-state index contributed by atoms with van der Waals surface area (Å²) in [7, 11) is 0. The van der Waals surface area contributed by atoms with E-state index in [9.17, 15) is 0 Å². The van der Waals surface area contributed by atoms with Gasteiger partial charge in [-0.05, 0) is 0 Å². The van der Waals surface area contributed by atoms with Gasteiger partial charge in [-0.3, -0.25) is 0 Å². The van der Waals surface area contributed by atoms with Crippen molar-refractivity contribution in [3.8, 4) is 0 Å². The van der Waals surface area contributed by atoms with Crippen LogP contribution in [0.25, 0.3) is 6.08 Å². The maximum atomic E-state index is 2.37. The van der Waals surface area contributed by atoms with Crippen LogP contribution in [0.5, 0.6) is 0 Å². The van der Waals surface area contributed by atoms with Crippen molar-refractivity contribution in [1.82, 2.24) is 0 Å². The summed E-state index contributed by atoms with van der Waals surface area (Å²) in [5, 5.41) is 0. The summed E-state index contributed by atoms with van der Waals surface area (Å²) in [6, 6.07) is 19.6. The van der Waals surface area contributed by atoms with E-state index in [0.29, 0.717) is 4.22 Å². The fraction of sp³-hybridized carbons (Fsp3) is 0.0667. The molecule has 0 bridgehead atoms. The summed E-state index contributed by atoms with van der Waals surface area (Å²) in [5.74, 6) is 0. The van der Waals surface area contributed by atoms with Crippen molar-refractivity contribution >= 4 is 9.94 Å². The van der Waals surface area contributed by atoms with Gasteiger partial charge in [0.15, 0.2) is 0 Å². The predicted molar refractivity (Wildman–Crippen MR) is 64.3 cm³/mol. The summed E-state index contributed by atoms with van der Waals surface area (Å²) < 4.78 is 2.22. The Bertz CT molecular complexity index is 526. The zero-order valence-electron chi connectivity index (χ0n) is 10.1. The molecule has 0 nitrogen and oxygen atoms in total. The minimum absolute atomic E-state index is 0. The van der Waals surface area contributed by atoms with E-state index in [1.165, 1.54) is 15.0 Å². The Labute approximate surface area is 119 Å². The minimum atomic E-state index is -0.0969. The fourth-order valence-electron chi connectivity index (χ4n) is 2.09. The Kier molecular flexibility index (Phi) is 7.42. The first kappa shape index (κ1) is 17.7. The van der Waals surface area contributed by atoms with Crippen LogP contribution in [0.15, 0.2) is 60.7 Å². The van der Waals surface area contributed by atoms with Gasteiger partial charge in [0.05, 0.1) is 0 Å². The Morgan fingerprint density at radius 2 is 1.37 bits per heavy atom. The van der Waals surface area contributed by atoms with Crippen molar-refractivity contribution in [1.29, 1.82) is 0 Å². The van der Waals surface area contributed by atoms with Gasteiger partial charge in [-0.15, -0.1) is 0 Å². The average molecular weight is 297 g/mol. The van der Waals surface area contributed by atoms with Gasteiger partial charge in [0.1, 0.15) is 0 Å². The first-order chi connectivity index (χ1) is 7.93. The molecule has 2 aromatic carbocycles. The molecule has 0 aliphatic heterocycles. The number of hydrogen-bond donors (Lipinski definition) is 0. The van der Waals surface area contributed by atoms with Crippen molar-refractivity contribution < 1.29 is 33.3 Å². The smallest absolute Gasteiger partial charge is 1.00 e. The van der Waals surface area contributed by atoms with Gasteiger partial charge in [-0.2, -0.15) is 0 Å². The number of allylic oxidation sites excluding steroid dienone is 1. The second-order valence-electron chi connectivity index (χ2n) is 3.98. The molecule has 97 valence electrons. The third-order valence-corrected chi connectivity index (χ3v) is 5.21. The standard InChI is InChI=1S/C9H7.C6H5.3FH.Ti/c1-2-5-9-7-3-6-8(9)4-1;1-2-4-6-5-3-1;;;;/h1-7H;1-5H;3*1H;/q;;;;;+3/p-3. The molecule has 1 aliphatic rings. The molecule has 0 fully saturated rings. The van der Waals surface area contributed by atoms with Crippen LogP contribution in [-0.2, 0) is 19.2 Å². The van der Waals surface area contributed by atoms with E-state index >= 15 is 0 Å². The van der Waals surface area contributed by atoms with Gasteiger partial charge in [0.25, 0.3) is 0 Å². The van der Waals surface area contributed by atoms with Crippen LogP contribution in [0, 0.1) is 0 Å². The quantitative estimate of drug-likeness (QED) is 0.485. The van der Waals surface area contributed by atoms with E-state index < -0.39 is 0 Å². The largest absolute Gasteiger partial charge is 1.00 e. The summed E-state index contributed by atoms with van der Waals surface area (Å²) >= 11 is -0.0969. The number of fused-ring (bicyclic) bond motifs is 1. The molecule has 3 rings (SSSR count). The summed E-state index contributed by atoms with van der Waals surface area (Å²) in [6.07, 6.45) is 4.64. The van der Waals surface area contributed by atoms with Crippen LogP contribution in [0.3, 0.4) is 0 Å². The van der Waals surface area contributed by atoms with E-state index in [-0.39, 0.29) is 33.3 Å². The zero-order chi connectivity index (χ0) is 10.8. The molecule has 4 heteroatoms. The third-order valence-electron chi connectivity index (χ3n) is 2.90. The van der Waals surface area contributed by atoms with Crippen LogP contribution < -0.4 is 18.0 Å². The van der Waals surface area contributed by atoms with Gasteiger partial charge in [0, 0.05) is 0 Å². The SMILES string of the molecule is C1=C[CH]([Ti+3][c]2ccccc2)c2ccccc21.[F-].[F-].[F-]. The van der Waals surface area contributed by atoms with E-state index in [0.717, 1.165) is 0 Å². The Morgan fingerprint density at radius 1 is 0.737 bits per heavy atom. The monoisotopic (exact) mass is 297 g/mol. The molecule has 19 heavy (non-hydrogen) atoms. The van der Waals surface area contributed by atoms with E-state index in [1.54, 1.807) is 0 Å². The van der Waals surface area contributed by atoms with Crippen molar-refractivity contribution in [2.45, 2.75) is 4.22 Å². The molecule has 0 saturated heterocycles. The van der Waals surface area contributed by atoms with Gasteiger partial charge < -0.3 is 14.1 Å². The molecule has 0 N–H and O–H groups in total. The van der Waals surface area contributed by atoms with Crippen molar-refractivity contribution in [3.05, 3.63) is 71.8 Å². The Morgan fingerprint density at radius 3 is 2.11 bits per heavy atom. The van der Waals surface area contributed by atoms with E-state index in [4.69, 9.17) is 0 Å². The molecule has 0 aromatic heterocycles. The molecule has 0 radical (unpaired) electrons. The maximum Gasteiger partial charge on any atom is -1.00 e. The maximum absolute atomic E-state index is 2.37. The summed E-state index contributed by atoms with van der Waals surface area (Å²) in [5.41, 5.74) is 2.93. The molecule has 1 aliphatic carbocycles. The Hall–Kier alpha value is -1.32. The normalized spacial score (nSPS) is 14.2. The molecule has 1 atom stereocenters. The van der Waals surface area contributed by atoms with Crippen LogP contribution >= 0.6 is 0 Å². The van der Waals surface area contributed by atoms with E-state index in [2.05, 4.69) is 66.7 Å². The van der Waals surface area contributed by atoms with Gasteiger partial charge in [-0.1, -0.05) is 0 Å². The number of benzene rings is 2. The minimum Gasteiger partial charge on any atom is -1.00 e. The zero-order valence-corrected chi connectivity index (χ0v) is 11.6. The molecule has 0 amide bonds. The van der Waals surface area contributed by atoms with E-state index in [1.807, 2.05) is 0 Å². The molecule has 0 saturated carbocycles.